The van der Waals surface area contributed by atoms with E-state index >= 15 is 0 Å². The molecule has 1 aromatic carbocycles. The number of nitrogens with zero attached hydrogens (tertiary/aromatic N) is 4. The number of likely N-dealkylation sites (N-methyl/N-ethyl adjacent to an activating group) is 1. The molecule has 4 rings (SSSR count). The summed E-state index contributed by atoms with van der Waals surface area (Å²) in [4.78, 5) is 23.9. The summed E-state index contributed by atoms with van der Waals surface area (Å²) in [6, 6.07) is 6.99. The van der Waals surface area contributed by atoms with Crippen molar-refractivity contribution in [2.24, 2.45) is 0 Å². The number of thiophene rings is 1. The molecule has 2 N–H and O–H groups in total. The number of aliphatic hydroxyl groups excluding tert-OH is 2. The van der Waals surface area contributed by atoms with Gasteiger partial charge in [-0.1, -0.05) is 17.7 Å². The molecule has 148 valence electrons. The summed E-state index contributed by atoms with van der Waals surface area (Å²) in [5, 5.41) is 20.4. The minimum atomic E-state index is -0.368. The third-order valence-corrected chi connectivity index (χ3v) is 6.28. The average Bonchev–Trinajstić information content (AvgIpc) is 3.03. The van der Waals surface area contributed by atoms with E-state index in [1.165, 1.54) is 20.8 Å². The van der Waals surface area contributed by atoms with Crippen molar-refractivity contribution in [3.8, 4) is 5.69 Å². The Kier molecular flexibility index (Phi) is 5.39. The Hall–Kier alpha value is -1.97. The van der Waals surface area contributed by atoms with Gasteiger partial charge in [-0.25, -0.2) is 9.55 Å². The van der Waals surface area contributed by atoms with Gasteiger partial charge in [0.1, 0.15) is 11.6 Å². The molecule has 1 aliphatic heterocycles. The van der Waals surface area contributed by atoms with E-state index in [-0.39, 0.29) is 25.4 Å². The monoisotopic (exact) mass is 420 g/mol. The molecule has 3 aromatic rings. The number of hydrogen-bond donors (Lipinski definition) is 2. The van der Waals surface area contributed by atoms with Crippen LogP contribution in [0.2, 0.25) is 5.02 Å². The Morgan fingerprint density at radius 2 is 2.18 bits per heavy atom. The number of benzene rings is 1. The summed E-state index contributed by atoms with van der Waals surface area (Å²) in [7, 11) is 2.06. The molecule has 2 aromatic heterocycles. The second kappa shape index (κ2) is 7.81. The molecule has 7 nitrogen and oxygen atoms in total. The van der Waals surface area contributed by atoms with Gasteiger partial charge in [0.05, 0.1) is 17.7 Å². The van der Waals surface area contributed by atoms with Crippen LogP contribution in [0.5, 0.6) is 0 Å². The first kappa shape index (κ1) is 19.4. The number of aromatic nitrogens is 2. The second-order valence-corrected chi connectivity index (χ2v) is 8.35. The van der Waals surface area contributed by atoms with Crippen LogP contribution in [0.3, 0.4) is 0 Å². The number of hydrogen-bond acceptors (Lipinski definition) is 7. The zero-order valence-electron chi connectivity index (χ0n) is 15.4. The van der Waals surface area contributed by atoms with Crippen molar-refractivity contribution in [2.75, 3.05) is 38.4 Å². The van der Waals surface area contributed by atoms with Gasteiger partial charge in [0, 0.05) is 29.5 Å². The maximum atomic E-state index is 13.6. The molecular formula is C19H21ClN4O3S. The van der Waals surface area contributed by atoms with Crippen LogP contribution in [0, 0.1) is 0 Å². The Labute approximate surface area is 171 Å². The standard InChI is InChI=1S/C19H21ClN4O3S/c1-22-6-5-14-15(10-22)28-17-16(14)18(27)24(13-4-2-3-12(20)9-13)19(21-17)23(11-26)7-8-25/h2-4,9,25-26H,5-8,10-11H2,1H3. The third-order valence-electron chi connectivity index (χ3n) is 4.94. The van der Waals surface area contributed by atoms with E-state index in [0.717, 1.165) is 30.0 Å². The van der Waals surface area contributed by atoms with Crippen molar-refractivity contribution in [1.29, 1.82) is 0 Å². The summed E-state index contributed by atoms with van der Waals surface area (Å²) < 4.78 is 1.48. The van der Waals surface area contributed by atoms with E-state index in [9.17, 15) is 15.0 Å². The Morgan fingerprint density at radius 1 is 1.36 bits per heavy atom. The number of aliphatic hydroxyl groups is 2. The highest BCUT2D eigenvalue weighted by Crippen LogP contribution is 2.34. The normalized spacial score (nSPS) is 14.4. The van der Waals surface area contributed by atoms with Crippen LogP contribution in [-0.2, 0) is 13.0 Å². The summed E-state index contributed by atoms with van der Waals surface area (Å²) in [6.07, 6.45) is 0.804. The molecule has 0 radical (unpaired) electrons. The van der Waals surface area contributed by atoms with E-state index in [2.05, 4.69) is 11.9 Å². The fourth-order valence-electron chi connectivity index (χ4n) is 3.57. The van der Waals surface area contributed by atoms with Crippen molar-refractivity contribution in [1.82, 2.24) is 14.5 Å². The topological polar surface area (TPSA) is 81.8 Å². The maximum Gasteiger partial charge on any atom is 0.268 e. The van der Waals surface area contributed by atoms with Gasteiger partial charge < -0.3 is 20.0 Å². The number of halogens is 1. The zero-order valence-corrected chi connectivity index (χ0v) is 17.0. The minimum absolute atomic E-state index is 0.156. The molecule has 0 unspecified atom stereocenters. The first-order valence-electron chi connectivity index (χ1n) is 9.02. The number of rotatable bonds is 5. The van der Waals surface area contributed by atoms with E-state index in [1.54, 1.807) is 24.3 Å². The predicted molar refractivity (Wildman–Crippen MR) is 112 cm³/mol. The molecule has 0 amide bonds. The largest absolute Gasteiger partial charge is 0.395 e. The molecule has 0 bridgehead atoms. The van der Waals surface area contributed by atoms with Gasteiger partial charge in [0.25, 0.3) is 5.56 Å². The van der Waals surface area contributed by atoms with Gasteiger partial charge in [0.15, 0.2) is 0 Å². The smallest absolute Gasteiger partial charge is 0.268 e. The maximum absolute atomic E-state index is 13.6. The van der Waals surface area contributed by atoms with E-state index in [1.807, 2.05) is 0 Å². The fraction of sp³-hybridized carbons (Fsp3) is 0.368. The Morgan fingerprint density at radius 3 is 2.89 bits per heavy atom. The van der Waals surface area contributed by atoms with Gasteiger partial charge in [-0.15, -0.1) is 11.3 Å². The van der Waals surface area contributed by atoms with Crippen LogP contribution in [0.1, 0.15) is 10.4 Å². The summed E-state index contributed by atoms with van der Waals surface area (Å²) in [6.45, 7) is 1.30. The lowest BCUT2D eigenvalue weighted by Gasteiger charge is -2.24. The molecule has 0 aliphatic carbocycles. The fourth-order valence-corrected chi connectivity index (χ4v) is 5.04. The highest BCUT2D eigenvalue weighted by molar-refractivity contribution is 7.18. The van der Waals surface area contributed by atoms with Crippen molar-refractivity contribution in [3.05, 3.63) is 50.1 Å². The van der Waals surface area contributed by atoms with Gasteiger partial charge in [-0.05, 0) is 37.2 Å². The summed E-state index contributed by atoms with van der Waals surface area (Å²) in [5.41, 5.74) is 1.46. The van der Waals surface area contributed by atoms with Gasteiger partial charge in [-0.3, -0.25) is 4.79 Å². The van der Waals surface area contributed by atoms with Crippen LogP contribution in [0.25, 0.3) is 15.9 Å². The lowest BCUT2D eigenvalue weighted by atomic mass is 10.1. The van der Waals surface area contributed by atoms with Gasteiger partial charge in [-0.2, -0.15) is 0 Å². The SMILES string of the molecule is CN1CCc2c(sc3nc(N(CO)CCO)n(-c4cccc(Cl)c4)c(=O)c23)C1. The molecule has 0 fully saturated rings. The molecule has 3 heterocycles. The highest BCUT2D eigenvalue weighted by atomic mass is 35.5. The molecule has 0 atom stereocenters. The van der Waals surface area contributed by atoms with Crippen molar-refractivity contribution in [3.63, 3.8) is 0 Å². The number of fused-ring (bicyclic) bond motifs is 3. The van der Waals surface area contributed by atoms with E-state index in [4.69, 9.17) is 16.6 Å². The minimum Gasteiger partial charge on any atom is -0.395 e. The molecule has 1 aliphatic rings. The van der Waals surface area contributed by atoms with Crippen LogP contribution in [-0.4, -0.2) is 58.1 Å². The lowest BCUT2D eigenvalue weighted by molar-refractivity contribution is 0.255. The van der Waals surface area contributed by atoms with E-state index in [0.29, 0.717) is 26.9 Å². The zero-order chi connectivity index (χ0) is 19.8. The van der Waals surface area contributed by atoms with Crippen LogP contribution in [0.15, 0.2) is 29.1 Å². The van der Waals surface area contributed by atoms with Crippen molar-refractivity contribution >= 4 is 39.1 Å². The average molecular weight is 421 g/mol. The van der Waals surface area contributed by atoms with Crippen molar-refractivity contribution < 1.29 is 10.2 Å². The molecule has 28 heavy (non-hydrogen) atoms. The highest BCUT2D eigenvalue weighted by Gasteiger charge is 2.25. The first-order valence-corrected chi connectivity index (χ1v) is 10.2. The van der Waals surface area contributed by atoms with Gasteiger partial charge >= 0.3 is 0 Å². The summed E-state index contributed by atoms with van der Waals surface area (Å²) >= 11 is 7.68. The molecular weight excluding hydrogens is 400 g/mol. The molecule has 9 heteroatoms. The quantitative estimate of drug-likeness (QED) is 0.613. The second-order valence-electron chi connectivity index (χ2n) is 6.83. The number of anilines is 1. The predicted octanol–water partition coefficient (Wildman–Crippen LogP) is 1.84. The molecule has 0 saturated carbocycles. The lowest BCUT2D eigenvalue weighted by Crippen LogP contribution is -2.35. The summed E-state index contributed by atoms with van der Waals surface area (Å²) in [5.74, 6) is 0.295. The Bertz CT molecular complexity index is 1080. The van der Waals surface area contributed by atoms with Gasteiger partial charge in [0.2, 0.25) is 5.95 Å². The molecule has 0 saturated heterocycles. The van der Waals surface area contributed by atoms with Crippen LogP contribution >= 0.6 is 22.9 Å². The first-order chi connectivity index (χ1) is 13.5. The van der Waals surface area contributed by atoms with E-state index < -0.39 is 0 Å². The Balaban J connectivity index is 2.03. The van der Waals surface area contributed by atoms with Crippen LogP contribution < -0.4 is 10.5 Å². The third kappa shape index (κ3) is 3.31. The van der Waals surface area contributed by atoms with Crippen LogP contribution in [0.4, 0.5) is 5.95 Å². The van der Waals surface area contributed by atoms with Crippen molar-refractivity contribution in [2.45, 2.75) is 13.0 Å². The molecule has 0 spiro atoms.